The maximum Gasteiger partial charge on any atom is 0.352 e. The van der Waals surface area contributed by atoms with Gasteiger partial charge in [0.05, 0.1) is 17.1 Å². The van der Waals surface area contributed by atoms with E-state index in [0.717, 1.165) is 49.0 Å². The van der Waals surface area contributed by atoms with E-state index >= 15 is 0 Å². The number of nitrogens with one attached hydrogen (secondary N) is 1. The molecule has 1 aromatic heterocycles. The zero-order valence-corrected chi connectivity index (χ0v) is 18.1. The molecule has 32 heavy (non-hydrogen) atoms. The molecular formula is C26H27N3O3. The quantitative estimate of drug-likeness (QED) is 0.542. The lowest BCUT2D eigenvalue weighted by Crippen LogP contribution is -2.33. The Balaban J connectivity index is 1.79. The molecule has 1 aliphatic rings. The van der Waals surface area contributed by atoms with Crippen molar-refractivity contribution < 1.29 is 14.7 Å². The third-order valence-electron chi connectivity index (χ3n) is 5.91. The molecule has 1 heterocycles. The predicted molar refractivity (Wildman–Crippen MR) is 124 cm³/mol. The maximum absolute atomic E-state index is 12.7. The summed E-state index contributed by atoms with van der Waals surface area (Å²) in [5, 5.41) is 17.2. The SMILES string of the molecule is Cc1nn(-c2ccccc2)c(-c2ccccc2)c1/C=C(\NC(=O)C1CCCCC1)C(=O)O. The van der Waals surface area contributed by atoms with Crippen LogP contribution in [0.1, 0.15) is 43.4 Å². The number of amides is 1. The molecule has 0 saturated heterocycles. The summed E-state index contributed by atoms with van der Waals surface area (Å²) < 4.78 is 1.82. The van der Waals surface area contributed by atoms with E-state index in [2.05, 4.69) is 5.32 Å². The maximum atomic E-state index is 12.7. The number of carboxylic acids is 1. The van der Waals surface area contributed by atoms with Gasteiger partial charge in [-0.05, 0) is 38.0 Å². The van der Waals surface area contributed by atoms with Gasteiger partial charge in [-0.2, -0.15) is 5.10 Å². The molecule has 1 fully saturated rings. The average Bonchev–Trinajstić information content (AvgIpc) is 3.16. The van der Waals surface area contributed by atoms with E-state index in [9.17, 15) is 14.7 Å². The number of benzene rings is 2. The van der Waals surface area contributed by atoms with Crippen LogP contribution in [0.4, 0.5) is 0 Å². The first-order valence-electron chi connectivity index (χ1n) is 11.0. The van der Waals surface area contributed by atoms with Crippen LogP contribution in [0.25, 0.3) is 23.0 Å². The van der Waals surface area contributed by atoms with Crippen LogP contribution in [-0.4, -0.2) is 26.8 Å². The first-order valence-corrected chi connectivity index (χ1v) is 11.0. The fourth-order valence-corrected chi connectivity index (χ4v) is 4.24. The summed E-state index contributed by atoms with van der Waals surface area (Å²) in [6, 6.07) is 19.4. The Morgan fingerprint density at radius 1 is 1.00 bits per heavy atom. The number of aromatic nitrogens is 2. The highest BCUT2D eigenvalue weighted by molar-refractivity contribution is 5.98. The molecule has 3 aromatic rings. The molecule has 0 radical (unpaired) electrons. The van der Waals surface area contributed by atoms with E-state index in [4.69, 9.17) is 5.10 Å². The molecule has 0 spiro atoms. The summed E-state index contributed by atoms with van der Waals surface area (Å²) in [5.74, 6) is -1.51. The minimum absolute atomic E-state index is 0.131. The molecule has 4 rings (SSSR count). The van der Waals surface area contributed by atoms with Gasteiger partial charge in [0.25, 0.3) is 0 Å². The van der Waals surface area contributed by atoms with E-state index in [1.807, 2.05) is 72.3 Å². The highest BCUT2D eigenvalue weighted by Gasteiger charge is 2.24. The molecule has 164 valence electrons. The topological polar surface area (TPSA) is 84.2 Å². The smallest absolute Gasteiger partial charge is 0.352 e. The minimum atomic E-state index is -1.17. The number of aliphatic carboxylic acids is 1. The summed E-state index contributed by atoms with van der Waals surface area (Å²) in [5.41, 5.74) is 3.77. The summed E-state index contributed by atoms with van der Waals surface area (Å²) in [7, 11) is 0. The fraction of sp³-hybridized carbons (Fsp3) is 0.269. The van der Waals surface area contributed by atoms with Crippen molar-refractivity contribution in [3.8, 4) is 16.9 Å². The third kappa shape index (κ3) is 4.64. The van der Waals surface area contributed by atoms with Gasteiger partial charge < -0.3 is 10.4 Å². The lowest BCUT2D eigenvalue weighted by molar-refractivity contribution is -0.135. The molecular weight excluding hydrogens is 402 g/mol. The Bertz CT molecular complexity index is 1130. The summed E-state index contributed by atoms with van der Waals surface area (Å²) >= 11 is 0. The highest BCUT2D eigenvalue weighted by Crippen LogP contribution is 2.31. The Morgan fingerprint density at radius 2 is 1.62 bits per heavy atom. The van der Waals surface area contributed by atoms with Gasteiger partial charge >= 0.3 is 5.97 Å². The van der Waals surface area contributed by atoms with Crippen molar-refractivity contribution in [3.63, 3.8) is 0 Å². The monoisotopic (exact) mass is 429 g/mol. The Morgan fingerprint density at radius 3 is 2.25 bits per heavy atom. The van der Waals surface area contributed by atoms with Crippen LogP contribution in [0.5, 0.6) is 0 Å². The normalized spacial score (nSPS) is 14.8. The van der Waals surface area contributed by atoms with Gasteiger partial charge in [-0.3, -0.25) is 4.79 Å². The highest BCUT2D eigenvalue weighted by atomic mass is 16.4. The number of hydrogen-bond acceptors (Lipinski definition) is 3. The second kappa shape index (κ2) is 9.64. The van der Waals surface area contributed by atoms with Crippen molar-refractivity contribution in [2.24, 2.45) is 5.92 Å². The summed E-state index contributed by atoms with van der Waals surface area (Å²) in [6.07, 6.45) is 6.28. The van der Waals surface area contributed by atoms with E-state index in [-0.39, 0.29) is 17.5 Å². The van der Waals surface area contributed by atoms with Crippen molar-refractivity contribution in [2.45, 2.75) is 39.0 Å². The number of carboxylic acid groups (broad SMARTS) is 1. The molecule has 1 saturated carbocycles. The number of carbonyl (C=O) groups is 2. The number of rotatable bonds is 6. The molecule has 0 atom stereocenters. The zero-order valence-electron chi connectivity index (χ0n) is 18.1. The van der Waals surface area contributed by atoms with Gasteiger partial charge in [0.2, 0.25) is 5.91 Å². The van der Waals surface area contributed by atoms with E-state index in [1.165, 1.54) is 6.08 Å². The molecule has 2 aromatic carbocycles. The first kappa shape index (κ1) is 21.6. The van der Waals surface area contributed by atoms with Gasteiger partial charge in [-0.25, -0.2) is 9.48 Å². The summed E-state index contributed by atoms with van der Waals surface area (Å²) in [6.45, 7) is 1.85. The van der Waals surface area contributed by atoms with E-state index < -0.39 is 5.97 Å². The van der Waals surface area contributed by atoms with Crippen LogP contribution in [-0.2, 0) is 9.59 Å². The fourth-order valence-electron chi connectivity index (χ4n) is 4.24. The molecule has 1 aliphatic carbocycles. The molecule has 0 unspecified atom stereocenters. The largest absolute Gasteiger partial charge is 0.477 e. The van der Waals surface area contributed by atoms with Crippen molar-refractivity contribution in [1.82, 2.24) is 15.1 Å². The van der Waals surface area contributed by atoms with Crippen LogP contribution >= 0.6 is 0 Å². The van der Waals surface area contributed by atoms with Gasteiger partial charge in [0.1, 0.15) is 5.70 Å². The molecule has 0 aliphatic heterocycles. The lowest BCUT2D eigenvalue weighted by Gasteiger charge is -2.20. The van der Waals surface area contributed by atoms with Gasteiger partial charge in [-0.15, -0.1) is 0 Å². The number of carbonyl (C=O) groups excluding carboxylic acids is 1. The van der Waals surface area contributed by atoms with Crippen LogP contribution in [0.3, 0.4) is 0 Å². The lowest BCUT2D eigenvalue weighted by atomic mass is 9.88. The van der Waals surface area contributed by atoms with Gasteiger partial charge in [0.15, 0.2) is 0 Å². The van der Waals surface area contributed by atoms with Crippen LogP contribution in [0.2, 0.25) is 0 Å². The number of para-hydroxylation sites is 1. The molecule has 1 amide bonds. The third-order valence-corrected chi connectivity index (χ3v) is 5.91. The molecule has 6 nitrogen and oxygen atoms in total. The second-order valence-electron chi connectivity index (χ2n) is 8.15. The van der Waals surface area contributed by atoms with E-state index in [0.29, 0.717) is 11.3 Å². The molecule has 0 bridgehead atoms. The van der Waals surface area contributed by atoms with Crippen molar-refractivity contribution in [3.05, 3.63) is 77.6 Å². The van der Waals surface area contributed by atoms with E-state index in [1.54, 1.807) is 0 Å². The number of hydrogen-bond donors (Lipinski definition) is 2. The Labute approximate surface area is 187 Å². The second-order valence-corrected chi connectivity index (χ2v) is 8.15. The van der Waals surface area contributed by atoms with Gasteiger partial charge in [-0.1, -0.05) is 67.8 Å². The van der Waals surface area contributed by atoms with Crippen molar-refractivity contribution in [2.75, 3.05) is 0 Å². The molecule has 2 N–H and O–H groups in total. The van der Waals surface area contributed by atoms with Crippen molar-refractivity contribution >= 4 is 18.0 Å². The zero-order chi connectivity index (χ0) is 22.5. The van der Waals surface area contributed by atoms with Crippen LogP contribution in [0.15, 0.2) is 66.4 Å². The Kier molecular flexibility index (Phi) is 6.50. The van der Waals surface area contributed by atoms with Crippen molar-refractivity contribution in [1.29, 1.82) is 0 Å². The molecule has 6 heteroatoms. The number of aryl methyl sites for hydroxylation is 1. The summed E-state index contributed by atoms with van der Waals surface area (Å²) in [4.78, 5) is 24.8. The van der Waals surface area contributed by atoms with Crippen LogP contribution < -0.4 is 5.32 Å². The number of nitrogens with zero attached hydrogens (tertiary/aromatic N) is 2. The standard InChI is InChI=1S/C26H27N3O3/c1-18-22(17-23(26(31)32)27-25(30)20-13-7-3-8-14-20)24(19-11-5-2-6-12-19)29(28-18)21-15-9-4-10-16-21/h2,4-6,9-12,15-17,20H,3,7-8,13-14H2,1H3,(H,27,30)(H,31,32)/b23-17-. The minimum Gasteiger partial charge on any atom is -0.477 e. The average molecular weight is 430 g/mol. The first-order chi connectivity index (χ1) is 15.5. The van der Waals surface area contributed by atoms with Gasteiger partial charge in [0, 0.05) is 17.0 Å². The predicted octanol–water partition coefficient (Wildman–Crippen LogP) is 4.97. The Hall–Kier alpha value is -3.67. The van der Waals surface area contributed by atoms with Crippen LogP contribution in [0, 0.1) is 12.8 Å².